The lowest BCUT2D eigenvalue weighted by atomic mass is 10.2. The Morgan fingerprint density at radius 1 is 1.38 bits per heavy atom. The Hall–Kier alpha value is -1.95. The van der Waals surface area contributed by atoms with Crippen molar-refractivity contribution in [2.45, 2.75) is 37.5 Å². The second kappa shape index (κ2) is 6.67. The van der Waals surface area contributed by atoms with Crippen LogP contribution >= 0.6 is 11.8 Å². The summed E-state index contributed by atoms with van der Waals surface area (Å²) in [4.78, 5) is 24.2. The van der Waals surface area contributed by atoms with E-state index in [0.29, 0.717) is 22.3 Å². The van der Waals surface area contributed by atoms with Crippen LogP contribution in [0.1, 0.15) is 47.2 Å². The second-order valence-corrected chi connectivity index (χ2v) is 5.92. The zero-order valence-electron chi connectivity index (χ0n) is 12.2. The Morgan fingerprint density at radius 2 is 2.14 bits per heavy atom. The SMILES string of the molecule is Cc1nc(C(C)C)nc(SCc2cccnc2)c1C(=O)O. The maximum Gasteiger partial charge on any atom is 0.340 e. The van der Waals surface area contributed by atoms with E-state index < -0.39 is 5.97 Å². The fourth-order valence-electron chi connectivity index (χ4n) is 1.81. The molecule has 2 aromatic rings. The molecule has 0 amide bonds. The van der Waals surface area contributed by atoms with Crippen LogP contribution in [0.15, 0.2) is 29.6 Å². The predicted molar refractivity (Wildman–Crippen MR) is 81.6 cm³/mol. The maximum atomic E-state index is 11.4. The highest BCUT2D eigenvalue weighted by Gasteiger charge is 2.19. The van der Waals surface area contributed by atoms with Crippen LogP contribution in [0.25, 0.3) is 0 Å². The number of pyridine rings is 1. The highest BCUT2D eigenvalue weighted by atomic mass is 32.2. The highest BCUT2D eigenvalue weighted by molar-refractivity contribution is 7.98. The van der Waals surface area contributed by atoms with Gasteiger partial charge in [-0.2, -0.15) is 0 Å². The molecular weight excluding hydrogens is 286 g/mol. The van der Waals surface area contributed by atoms with Gasteiger partial charge in [-0.05, 0) is 18.6 Å². The summed E-state index contributed by atoms with van der Waals surface area (Å²) in [5.74, 6) is 0.467. The van der Waals surface area contributed by atoms with Gasteiger partial charge in [0.05, 0.1) is 5.69 Å². The van der Waals surface area contributed by atoms with E-state index in [0.717, 1.165) is 5.56 Å². The van der Waals surface area contributed by atoms with E-state index in [4.69, 9.17) is 0 Å². The van der Waals surface area contributed by atoms with E-state index in [1.165, 1.54) is 11.8 Å². The van der Waals surface area contributed by atoms with Crippen molar-refractivity contribution in [1.29, 1.82) is 0 Å². The molecule has 2 rings (SSSR count). The fourth-order valence-corrected chi connectivity index (χ4v) is 2.82. The molecule has 2 aromatic heterocycles. The highest BCUT2D eigenvalue weighted by Crippen LogP contribution is 2.27. The van der Waals surface area contributed by atoms with Gasteiger partial charge in [-0.25, -0.2) is 14.8 Å². The summed E-state index contributed by atoms with van der Waals surface area (Å²) in [7, 11) is 0. The van der Waals surface area contributed by atoms with E-state index in [-0.39, 0.29) is 11.5 Å². The molecule has 5 nitrogen and oxygen atoms in total. The van der Waals surface area contributed by atoms with Crippen molar-refractivity contribution in [2.75, 3.05) is 0 Å². The summed E-state index contributed by atoms with van der Waals surface area (Å²) in [5.41, 5.74) is 1.73. The standard InChI is InChI=1S/C15H17N3O2S/c1-9(2)13-17-10(3)12(15(19)20)14(18-13)21-8-11-5-4-6-16-7-11/h4-7,9H,8H2,1-3H3,(H,19,20). The number of thioether (sulfide) groups is 1. The van der Waals surface area contributed by atoms with Crippen molar-refractivity contribution in [3.05, 3.63) is 47.2 Å². The van der Waals surface area contributed by atoms with Gasteiger partial charge in [-0.1, -0.05) is 19.9 Å². The Balaban J connectivity index is 2.33. The monoisotopic (exact) mass is 303 g/mol. The molecule has 0 saturated carbocycles. The molecule has 0 unspecified atom stereocenters. The molecule has 0 spiro atoms. The first kappa shape index (κ1) is 15.4. The van der Waals surface area contributed by atoms with Crippen LogP contribution in [0.5, 0.6) is 0 Å². The van der Waals surface area contributed by atoms with Gasteiger partial charge < -0.3 is 5.11 Å². The largest absolute Gasteiger partial charge is 0.478 e. The summed E-state index contributed by atoms with van der Waals surface area (Å²) >= 11 is 1.40. The molecule has 0 radical (unpaired) electrons. The van der Waals surface area contributed by atoms with Crippen molar-refractivity contribution >= 4 is 17.7 Å². The molecule has 0 bridgehead atoms. The number of aromatic nitrogens is 3. The van der Waals surface area contributed by atoms with Crippen LogP contribution in [-0.4, -0.2) is 26.0 Å². The summed E-state index contributed by atoms with van der Waals surface area (Å²) in [5, 5.41) is 9.88. The predicted octanol–water partition coefficient (Wildman–Crippen LogP) is 3.29. The first-order chi connectivity index (χ1) is 9.99. The molecule has 2 heterocycles. The molecule has 0 saturated heterocycles. The molecule has 1 N–H and O–H groups in total. The van der Waals surface area contributed by atoms with Gasteiger partial charge in [0.25, 0.3) is 0 Å². The summed E-state index contributed by atoms with van der Waals surface area (Å²) in [6.45, 7) is 5.70. The summed E-state index contributed by atoms with van der Waals surface area (Å²) in [6.07, 6.45) is 3.48. The number of carbonyl (C=O) groups is 1. The topological polar surface area (TPSA) is 76.0 Å². The Morgan fingerprint density at radius 3 is 2.71 bits per heavy atom. The molecule has 0 atom stereocenters. The van der Waals surface area contributed by atoms with E-state index in [9.17, 15) is 9.90 Å². The minimum absolute atomic E-state index is 0.157. The van der Waals surface area contributed by atoms with Crippen LogP contribution in [0.3, 0.4) is 0 Å². The second-order valence-electron chi connectivity index (χ2n) is 4.96. The van der Waals surface area contributed by atoms with Gasteiger partial charge in [-0.3, -0.25) is 4.98 Å². The quantitative estimate of drug-likeness (QED) is 0.674. The van der Waals surface area contributed by atoms with Crippen molar-refractivity contribution < 1.29 is 9.90 Å². The number of carboxylic acid groups (broad SMARTS) is 1. The summed E-state index contributed by atoms with van der Waals surface area (Å²) < 4.78 is 0. The Kier molecular flexibility index (Phi) is 4.90. The molecule has 21 heavy (non-hydrogen) atoms. The summed E-state index contributed by atoms with van der Waals surface area (Å²) in [6, 6.07) is 3.82. The number of aryl methyl sites for hydroxylation is 1. The van der Waals surface area contributed by atoms with Crippen LogP contribution in [0.2, 0.25) is 0 Å². The van der Waals surface area contributed by atoms with E-state index in [1.54, 1.807) is 19.3 Å². The number of carboxylic acids is 1. The first-order valence-corrected chi connectivity index (χ1v) is 7.61. The van der Waals surface area contributed by atoms with Crippen molar-refractivity contribution in [1.82, 2.24) is 15.0 Å². The third-order valence-electron chi connectivity index (χ3n) is 2.90. The van der Waals surface area contributed by atoms with E-state index in [2.05, 4.69) is 15.0 Å². The maximum absolute atomic E-state index is 11.4. The Bertz CT molecular complexity index is 645. The average molecular weight is 303 g/mol. The van der Waals surface area contributed by atoms with Crippen LogP contribution in [0.4, 0.5) is 0 Å². The normalized spacial score (nSPS) is 10.9. The van der Waals surface area contributed by atoms with Crippen LogP contribution in [-0.2, 0) is 5.75 Å². The number of rotatable bonds is 5. The molecule has 6 heteroatoms. The van der Waals surface area contributed by atoms with Gasteiger partial charge in [0.2, 0.25) is 0 Å². The molecule has 0 aliphatic heterocycles. The minimum Gasteiger partial charge on any atom is -0.478 e. The minimum atomic E-state index is -0.989. The number of aromatic carboxylic acids is 1. The van der Waals surface area contributed by atoms with Gasteiger partial charge in [0.15, 0.2) is 0 Å². The first-order valence-electron chi connectivity index (χ1n) is 6.62. The lowest BCUT2D eigenvalue weighted by Crippen LogP contribution is -2.10. The molecule has 110 valence electrons. The number of nitrogens with zero attached hydrogens (tertiary/aromatic N) is 3. The molecular formula is C15H17N3O2S. The average Bonchev–Trinajstić information content (AvgIpc) is 2.45. The van der Waals surface area contributed by atoms with Gasteiger partial charge in [-0.15, -0.1) is 11.8 Å². The van der Waals surface area contributed by atoms with Gasteiger partial charge in [0, 0.05) is 24.1 Å². The van der Waals surface area contributed by atoms with E-state index >= 15 is 0 Å². The van der Waals surface area contributed by atoms with Crippen molar-refractivity contribution in [2.24, 2.45) is 0 Å². The molecule has 0 fully saturated rings. The van der Waals surface area contributed by atoms with E-state index in [1.807, 2.05) is 26.0 Å². The van der Waals surface area contributed by atoms with Crippen molar-refractivity contribution in [3.63, 3.8) is 0 Å². The van der Waals surface area contributed by atoms with Crippen molar-refractivity contribution in [3.8, 4) is 0 Å². The zero-order chi connectivity index (χ0) is 15.4. The third-order valence-corrected chi connectivity index (χ3v) is 3.95. The molecule has 0 aliphatic rings. The lowest BCUT2D eigenvalue weighted by Gasteiger charge is -2.11. The van der Waals surface area contributed by atoms with Crippen LogP contribution < -0.4 is 0 Å². The fraction of sp³-hybridized carbons (Fsp3) is 0.333. The Labute approximate surface area is 127 Å². The van der Waals surface area contributed by atoms with Crippen LogP contribution in [0, 0.1) is 6.92 Å². The number of hydrogen-bond acceptors (Lipinski definition) is 5. The molecule has 0 aliphatic carbocycles. The number of hydrogen-bond donors (Lipinski definition) is 1. The third kappa shape index (κ3) is 3.78. The van der Waals surface area contributed by atoms with Gasteiger partial charge >= 0.3 is 5.97 Å². The molecule has 0 aromatic carbocycles. The lowest BCUT2D eigenvalue weighted by molar-refractivity contribution is 0.0690. The van der Waals surface area contributed by atoms with Gasteiger partial charge in [0.1, 0.15) is 16.4 Å². The smallest absolute Gasteiger partial charge is 0.340 e. The zero-order valence-corrected chi connectivity index (χ0v) is 13.0.